The fourth-order valence-electron chi connectivity index (χ4n) is 4.17. The van der Waals surface area contributed by atoms with E-state index in [-0.39, 0.29) is 60.2 Å². The van der Waals surface area contributed by atoms with Crippen molar-refractivity contribution in [3.63, 3.8) is 0 Å². The predicted molar refractivity (Wildman–Crippen MR) is 169 cm³/mol. The standard InChI is InChI=1S/C31H44N4O12/c1-7-12-42-14-16-44-28(36)26-23(19-46-30(38)33(3)4)32-24(20-47-31(39)34(5)6)27(29(37)45-17-15-43-13-8-2)25(26)21-10-9-11-22(18-21)35(40)41/h9-11,18,25,36H,7-8,12-17,19-20H2,1-6H3. The third-order valence-electron chi connectivity index (χ3n) is 6.35. The van der Waals surface area contributed by atoms with Gasteiger partial charge in [-0.2, -0.15) is 0 Å². The second-order valence-electron chi connectivity index (χ2n) is 10.5. The molecule has 0 aromatic heterocycles. The van der Waals surface area contributed by atoms with Crippen molar-refractivity contribution in [2.45, 2.75) is 32.6 Å². The van der Waals surface area contributed by atoms with Crippen LogP contribution < -0.4 is 0 Å². The van der Waals surface area contributed by atoms with Gasteiger partial charge in [0, 0.05) is 53.5 Å². The average Bonchev–Trinajstić information content (AvgIpc) is 3.04. The topological polar surface area (TPSA) is 189 Å². The molecule has 47 heavy (non-hydrogen) atoms. The largest absolute Gasteiger partial charge is 0.481 e. The van der Waals surface area contributed by atoms with E-state index in [0.717, 1.165) is 12.8 Å². The van der Waals surface area contributed by atoms with E-state index in [1.54, 1.807) is 0 Å². The van der Waals surface area contributed by atoms with Gasteiger partial charge in [-0.15, -0.1) is 0 Å². The van der Waals surface area contributed by atoms with Gasteiger partial charge < -0.3 is 43.3 Å². The molecule has 1 aliphatic heterocycles. The Morgan fingerprint density at radius 1 is 0.851 bits per heavy atom. The lowest BCUT2D eigenvalue weighted by molar-refractivity contribution is -0.384. The first-order valence-corrected chi connectivity index (χ1v) is 15.0. The monoisotopic (exact) mass is 664 g/mol. The lowest BCUT2D eigenvalue weighted by Crippen LogP contribution is -2.33. The van der Waals surface area contributed by atoms with Crippen molar-refractivity contribution < 1.29 is 52.8 Å². The maximum absolute atomic E-state index is 13.8. The number of hydrogen-bond acceptors (Lipinski definition) is 13. The van der Waals surface area contributed by atoms with Crippen molar-refractivity contribution >= 4 is 29.6 Å². The number of non-ortho nitro benzene ring substituents is 1. The second-order valence-corrected chi connectivity index (χ2v) is 10.5. The zero-order chi connectivity index (χ0) is 34.9. The van der Waals surface area contributed by atoms with Crippen molar-refractivity contribution in [3.8, 4) is 0 Å². The van der Waals surface area contributed by atoms with Crippen molar-refractivity contribution in [1.82, 2.24) is 9.80 Å². The number of carbonyl (C=O) groups is 3. The van der Waals surface area contributed by atoms with Gasteiger partial charge in [0.05, 0.1) is 46.6 Å². The molecule has 1 unspecified atom stereocenters. The number of nitro benzene ring substituents is 1. The molecule has 1 atom stereocenters. The Balaban J connectivity index is 2.82. The summed E-state index contributed by atoms with van der Waals surface area (Å²) < 4.78 is 32.8. The fraction of sp³-hybridized carbons (Fsp3) is 0.548. The summed E-state index contributed by atoms with van der Waals surface area (Å²) in [5.41, 5.74) is -0.618. The Labute approximate surface area is 273 Å². The molecule has 1 heterocycles. The fourth-order valence-corrected chi connectivity index (χ4v) is 4.17. The molecular formula is C31H44N4O12. The van der Waals surface area contributed by atoms with Crippen molar-refractivity contribution in [3.05, 3.63) is 62.7 Å². The number of hydrogen-bond donors (Lipinski definition) is 1. The van der Waals surface area contributed by atoms with Crippen LogP contribution in [0.5, 0.6) is 0 Å². The number of nitrogens with zero attached hydrogens (tertiary/aromatic N) is 4. The first-order valence-electron chi connectivity index (χ1n) is 15.0. The number of amides is 2. The van der Waals surface area contributed by atoms with Gasteiger partial charge in [-0.25, -0.2) is 19.4 Å². The number of nitro groups is 1. The second kappa shape index (κ2) is 19.7. The highest BCUT2D eigenvalue weighted by Crippen LogP contribution is 2.41. The molecule has 0 bridgehead atoms. The molecule has 260 valence electrons. The van der Waals surface area contributed by atoms with Crippen LogP contribution in [0.15, 0.2) is 52.0 Å². The molecule has 1 aromatic rings. The number of esters is 1. The number of aliphatic hydroxyl groups is 1. The van der Waals surface area contributed by atoms with Gasteiger partial charge in [-0.3, -0.25) is 10.1 Å². The van der Waals surface area contributed by atoms with Crippen LogP contribution in [0.25, 0.3) is 0 Å². The van der Waals surface area contributed by atoms with Gasteiger partial charge in [0.25, 0.3) is 11.6 Å². The van der Waals surface area contributed by atoms with Crippen LogP contribution in [0.4, 0.5) is 15.3 Å². The molecule has 0 saturated carbocycles. The molecule has 1 N–H and O–H groups in total. The molecule has 0 spiro atoms. The first kappa shape index (κ1) is 38.5. The van der Waals surface area contributed by atoms with Gasteiger partial charge in [0.1, 0.15) is 26.4 Å². The molecule has 16 heteroatoms. The van der Waals surface area contributed by atoms with Gasteiger partial charge in [-0.05, 0) is 18.4 Å². The van der Waals surface area contributed by atoms with E-state index in [1.807, 2.05) is 13.8 Å². The Morgan fingerprint density at radius 3 is 1.98 bits per heavy atom. The zero-order valence-corrected chi connectivity index (χ0v) is 27.7. The summed E-state index contributed by atoms with van der Waals surface area (Å²) in [6, 6.07) is 5.40. The quantitative estimate of drug-likeness (QED) is 0.0595. The molecule has 1 aromatic carbocycles. The molecular weight excluding hydrogens is 620 g/mol. The van der Waals surface area contributed by atoms with Gasteiger partial charge in [-0.1, -0.05) is 26.0 Å². The van der Waals surface area contributed by atoms with E-state index < -0.39 is 48.2 Å². The minimum absolute atomic E-state index is 0.0672. The van der Waals surface area contributed by atoms with Crippen LogP contribution in [0.2, 0.25) is 0 Å². The molecule has 0 radical (unpaired) electrons. The van der Waals surface area contributed by atoms with Crippen LogP contribution in [0, 0.1) is 10.1 Å². The average molecular weight is 665 g/mol. The third kappa shape index (κ3) is 11.9. The van der Waals surface area contributed by atoms with Crippen LogP contribution in [-0.2, 0) is 33.2 Å². The maximum atomic E-state index is 13.8. The van der Waals surface area contributed by atoms with Gasteiger partial charge in [0.15, 0.2) is 0 Å². The summed E-state index contributed by atoms with van der Waals surface area (Å²) in [4.78, 5) is 56.7. The van der Waals surface area contributed by atoms with E-state index in [0.29, 0.717) is 13.2 Å². The van der Waals surface area contributed by atoms with E-state index in [4.69, 9.17) is 28.4 Å². The third-order valence-corrected chi connectivity index (χ3v) is 6.35. The van der Waals surface area contributed by atoms with E-state index in [2.05, 4.69) is 4.99 Å². The summed E-state index contributed by atoms with van der Waals surface area (Å²) in [5.74, 6) is -2.92. The van der Waals surface area contributed by atoms with E-state index in [9.17, 15) is 29.6 Å². The first-order chi connectivity index (χ1) is 22.4. The molecule has 2 amide bonds. The summed E-state index contributed by atoms with van der Waals surface area (Å²) >= 11 is 0. The number of aliphatic hydroxyl groups excluding tert-OH is 1. The smallest absolute Gasteiger partial charge is 0.409 e. The molecule has 0 saturated heterocycles. The lowest BCUT2D eigenvalue weighted by atomic mass is 9.79. The molecule has 0 fully saturated rings. The Hall–Kier alpha value is -4.70. The Kier molecular flexibility index (Phi) is 16.2. The van der Waals surface area contributed by atoms with E-state index >= 15 is 0 Å². The van der Waals surface area contributed by atoms with Crippen molar-refractivity contribution in [1.29, 1.82) is 0 Å². The molecule has 16 nitrogen and oxygen atoms in total. The van der Waals surface area contributed by atoms with Crippen LogP contribution in [0.1, 0.15) is 38.2 Å². The van der Waals surface area contributed by atoms with Crippen LogP contribution >= 0.6 is 0 Å². The summed E-state index contributed by atoms with van der Waals surface area (Å²) in [7, 11) is 5.86. The van der Waals surface area contributed by atoms with Crippen LogP contribution in [0.3, 0.4) is 0 Å². The number of ether oxygens (including phenoxy) is 6. The molecule has 0 aliphatic carbocycles. The Morgan fingerprint density at radius 2 is 1.43 bits per heavy atom. The minimum atomic E-state index is -1.31. The lowest BCUT2D eigenvalue weighted by Gasteiger charge is -2.30. The SMILES string of the molecule is CCCOCCOC(=O)C1=C(COC(=O)N(C)C)N=C(COC(=O)N(C)C)C(=C(O)OCCOCCC)C1c1cccc([N+](=O)[O-])c1. The highest BCUT2D eigenvalue weighted by molar-refractivity contribution is 6.09. The number of rotatable bonds is 18. The summed E-state index contributed by atoms with van der Waals surface area (Å²) in [6.45, 7) is 3.65. The molecule has 2 rings (SSSR count). The summed E-state index contributed by atoms with van der Waals surface area (Å²) in [6.07, 6.45) is 0.0219. The number of benzene rings is 1. The minimum Gasteiger partial charge on any atom is -0.481 e. The van der Waals surface area contributed by atoms with E-state index in [1.165, 1.54) is 62.3 Å². The zero-order valence-electron chi connectivity index (χ0n) is 27.7. The normalized spacial score (nSPS) is 15.4. The molecule has 1 aliphatic rings. The van der Waals surface area contributed by atoms with Crippen molar-refractivity contribution in [2.24, 2.45) is 4.99 Å². The summed E-state index contributed by atoms with van der Waals surface area (Å²) in [5, 5.41) is 23.2. The van der Waals surface area contributed by atoms with Gasteiger partial charge in [0.2, 0.25) is 0 Å². The number of carbonyl (C=O) groups excluding carboxylic acids is 3. The van der Waals surface area contributed by atoms with Crippen molar-refractivity contribution in [2.75, 3.05) is 81.0 Å². The highest BCUT2D eigenvalue weighted by atomic mass is 16.6. The van der Waals surface area contributed by atoms with Crippen LogP contribution in [-0.4, -0.2) is 125 Å². The highest BCUT2D eigenvalue weighted by Gasteiger charge is 2.40. The maximum Gasteiger partial charge on any atom is 0.409 e. The number of aliphatic imine (C=N–C) groups is 1. The Bertz CT molecular complexity index is 1340. The predicted octanol–water partition coefficient (Wildman–Crippen LogP) is 3.97. The van der Waals surface area contributed by atoms with Gasteiger partial charge >= 0.3 is 18.2 Å².